The second kappa shape index (κ2) is 7.29. The number of likely N-dealkylation sites (tertiary alicyclic amines) is 1. The van der Waals surface area contributed by atoms with E-state index >= 15 is 0 Å². The molecule has 0 radical (unpaired) electrons. The molecule has 1 aliphatic rings. The lowest BCUT2D eigenvalue weighted by Gasteiger charge is -2.38. The van der Waals surface area contributed by atoms with Gasteiger partial charge in [-0.2, -0.15) is 0 Å². The number of hydrogen-bond donors (Lipinski definition) is 2. The van der Waals surface area contributed by atoms with Crippen LogP contribution in [0.25, 0.3) is 0 Å². The van der Waals surface area contributed by atoms with Crippen LogP contribution in [0.5, 0.6) is 5.75 Å². The number of aromatic hydroxyl groups is 1. The van der Waals surface area contributed by atoms with Gasteiger partial charge in [0, 0.05) is 18.7 Å². The molecule has 0 bridgehead atoms. The van der Waals surface area contributed by atoms with Crippen LogP contribution < -0.4 is 5.32 Å². The Morgan fingerprint density at radius 3 is 2.64 bits per heavy atom. The lowest BCUT2D eigenvalue weighted by atomic mass is 9.93. The minimum absolute atomic E-state index is 0.0208. The molecule has 6 nitrogen and oxygen atoms in total. The number of phenolic OH excluding ortho intramolecular Hbond substituents is 1. The van der Waals surface area contributed by atoms with Gasteiger partial charge >= 0.3 is 6.09 Å². The van der Waals surface area contributed by atoms with Crippen LogP contribution in [0.15, 0.2) is 18.2 Å². The van der Waals surface area contributed by atoms with Crippen LogP contribution in [-0.4, -0.2) is 40.2 Å². The van der Waals surface area contributed by atoms with Crippen molar-refractivity contribution in [3.8, 4) is 5.75 Å². The lowest BCUT2D eigenvalue weighted by molar-refractivity contribution is -0.121. The zero-order valence-electron chi connectivity index (χ0n) is 15.0. The molecule has 1 aromatic carbocycles. The molecule has 0 spiro atoms. The Kier molecular flexibility index (Phi) is 5.55. The molecule has 138 valence electrons. The lowest BCUT2D eigenvalue weighted by Crippen LogP contribution is -2.49. The van der Waals surface area contributed by atoms with Crippen LogP contribution in [-0.2, 0) is 9.53 Å². The van der Waals surface area contributed by atoms with Crippen LogP contribution in [0.1, 0.15) is 40.5 Å². The van der Waals surface area contributed by atoms with Gasteiger partial charge in [-0.3, -0.25) is 4.79 Å². The largest absolute Gasteiger partial charge is 0.506 e. The molecule has 1 fully saturated rings. The van der Waals surface area contributed by atoms with Crippen molar-refractivity contribution in [1.82, 2.24) is 4.90 Å². The summed E-state index contributed by atoms with van der Waals surface area (Å²) in [6.07, 6.45) is 0.806. The number of carbonyl (C=O) groups excluding carboxylic acids is 2. The fourth-order valence-electron chi connectivity index (χ4n) is 2.74. The minimum atomic E-state index is -0.612. The minimum Gasteiger partial charge on any atom is -0.506 e. The Morgan fingerprint density at radius 1 is 1.32 bits per heavy atom. The van der Waals surface area contributed by atoms with Gasteiger partial charge in [-0.05, 0) is 52.7 Å². The third-order valence-corrected chi connectivity index (χ3v) is 4.10. The van der Waals surface area contributed by atoms with Gasteiger partial charge in [-0.15, -0.1) is 0 Å². The van der Waals surface area contributed by atoms with Crippen LogP contribution in [0.3, 0.4) is 0 Å². The summed E-state index contributed by atoms with van der Waals surface area (Å²) in [7, 11) is 0. The summed E-state index contributed by atoms with van der Waals surface area (Å²) in [6, 6.07) is 3.32. The summed E-state index contributed by atoms with van der Waals surface area (Å²) < 4.78 is 18.7. The van der Waals surface area contributed by atoms with E-state index in [2.05, 4.69) is 5.32 Å². The predicted molar refractivity (Wildman–Crippen MR) is 91.8 cm³/mol. The number of amides is 2. The summed E-state index contributed by atoms with van der Waals surface area (Å²) in [6.45, 7) is 7.50. The molecule has 2 rings (SSSR count). The van der Waals surface area contributed by atoms with Gasteiger partial charge in [0.15, 0.2) is 0 Å². The summed E-state index contributed by atoms with van der Waals surface area (Å²) in [5, 5.41) is 12.3. The van der Waals surface area contributed by atoms with Crippen LogP contribution in [0, 0.1) is 11.7 Å². The second-order valence-electron chi connectivity index (χ2n) is 7.41. The average Bonchev–Trinajstić information content (AvgIpc) is 2.49. The smallest absolute Gasteiger partial charge is 0.410 e. The Hall–Kier alpha value is -2.31. The molecule has 0 saturated carbocycles. The number of piperidine rings is 1. The normalized spacial score (nSPS) is 20.9. The Labute approximate surface area is 147 Å². The van der Waals surface area contributed by atoms with Crippen molar-refractivity contribution in [2.45, 2.75) is 52.2 Å². The Balaban J connectivity index is 2.05. The number of benzene rings is 1. The Morgan fingerprint density at radius 2 is 2.00 bits per heavy atom. The first-order valence-electron chi connectivity index (χ1n) is 8.36. The molecule has 25 heavy (non-hydrogen) atoms. The number of phenols is 1. The van der Waals surface area contributed by atoms with Crippen molar-refractivity contribution < 1.29 is 23.8 Å². The van der Waals surface area contributed by atoms with Crippen molar-refractivity contribution in [3.05, 3.63) is 24.0 Å². The first-order valence-corrected chi connectivity index (χ1v) is 8.36. The topological polar surface area (TPSA) is 78.9 Å². The van der Waals surface area contributed by atoms with Crippen molar-refractivity contribution in [2.75, 3.05) is 11.9 Å². The predicted octanol–water partition coefficient (Wildman–Crippen LogP) is 3.51. The number of carbonyl (C=O) groups is 2. The number of nitrogens with one attached hydrogen (secondary N) is 1. The molecular formula is C18H25FN2O4. The van der Waals surface area contributed by atoms with Crippen LogP contribution in [0.4, 0.5) is 14.9 Å². The number of rotatable bonds is 2. The third kappa shape index (κ3) is 5.08. The molecule has 2 amide bonds. The number of halogens is 1. The number of hydrogen-bond acceptors (Lipinski definition) is 4. The zero-order chi connectivity index (χ0) is 18.8. The molecule has 2 atom stereocenters. The van der Waals surface area contributed by atoms with Gasteiger partial charge < -0.3 is 20.1 Å². The SMILES string of the molecule is C[C@@H]1CCC(C(=O)Nc2cc(F)ccc2O)CN1C(=O)OC(C)(C)C. The first kappa shape index (κ1) is 19.0. The molecule has 1 unspecified atom stereocenters. The van der Waals surface area contributed by atoms with Crippen molar-refractivity contribution in [2.24, 2.45) is 5.92 Å². The maximum atomic E-state index is 13.3. The van der Waals surface area contributed by atoms with E-state index in [-0.39, 0.29) is 29.9 Å². The van der Waals surface area contributed by atoms with E-state index in [1.165, 1.54) is 6.07 Å². The summed E-state index contributed by atoms with van der Waals surface area (Å²) in [4.78, 5) is 26.3. The Bertz CT molecular complexity index is 657. The molecule has 1 aliphatic heterocycles. The van der Waals surface area contributed by atoms with Crippen LogP contribution in [0.2, 0.25) is 0 Å². The van der Waals surface area contributed by atoms with Gasteiger partial charge in [0.1, 0.15) is 17.2 Å². The summed E-state index contributed by atoms with van der Waals surface area (Å²) in [5.74, 6) is -1.57. The van der Waals surface area contributed by atoms with E-state index in [0.29, 0.717) is 12.8 Å². The average molecular weight is 352 g/mol. The van der Waals surface area contributed by atoms with E-state index in [0.717, 1.165) is 12.1 Å². The zero-order valence-corrected chi connectivity index (χ0v) is 15.0. The summed E-state index contributed by atoms with van der Waals surface area (Å²) >= 11 is 0. The van der Waals surface area contributed by atoms with Crippen molar-refractivity contribution >= 4 is 17.7 Å². The molecule has 1 aromatic rings. The fraction of sp³-hybridized carbons (Fsp3) is 0.556. The fourth-order valence-corrected chi connectivity index (χ4v) is 2.74. The standard InChI is InChI=1S/C18H25FN2O4/c1-11-5-6-12(10-21(11)17(24)25-18(2,3)4)16(23)20-14-9-13(19)7-8-15(14)22/h7-9,11-12,22H,5-6,10H2,1-4H3,(H,20,23)/t11-,12?/m1/s1. The maximum Gasteiger partial charge on any atom is 0.410 e. The molecule has 2 N–H and O–H groups in total. The van der Waals surface area contributed by atoms with Gasteiger partial charge in [-0.1, -0.05) is 0 Å². The molecule has 1 heterocycles. The summed E-state index contributed by atoms with van der Waals surface area (Å²) in [5.41, 5.74) is -0.591. The van der Waals surface area contributed by atoms with Crippen molar-refractivity contribution in [3.63, 3.8) is 0 Å². The number of nitrogens with zero attached hydrogens (tertiary/aromatic N) is 1. The quantitative estimate of drug-likeness (QED) is 0.799. The van der Waals surface area contributed by atoms with E-state index in [4.69, 9.17) is 4.74 Å². The molecule has 0 aliphatic carbocycles. The maximum absolute atomic E-state index is 13.3. The highest BCUT2D eigenvalue weighted by molar-refractivity contribution is 5.94. The molecule has 1 saturated heterocycles. The highest BCUT2D eigenvalue weighted by Gasteiger charge is 2.35. The van der Waals surface area contributed by atoms with E-state index in [1.54, 1.807) is 25.7 Å². The van der Waals surface area contributed by atoms with Gasteiger partial charge in [0.2, 0.25) is 5.91 Å². The molecular weight excluding hydrogens is 327 g/mol. The number of ether oxygens (including phenoxy) is 1. The highest BCUT2D eigenvalue weighted by Crippen LogP contribution is 2.28. The molecule has 0 aromatic heterocycles. The second-order valence-corrected chi connectivity index (χ2v) is 7.41. The van der Waals surface area contributed by atoms with Gasteiger partial charge in [0.25, 0.3) is 0 Å². The van der Waals surface area contributed by atoms with E-state index in [1.807, 2.05) is 6.92 Å². The highest BCUT2D eigenvalue weighted by atomic mass is 19.1. The molecule has 7 heteroatoms. The first-order chi connectivity index (χ1) is 11.6. The monoisotopic (exact) mass is 352 g/mol. The van der Waals surface area contributed by atoms with Crippen LogP contribution >= 0.6 is 0 Å². The van der Waals surface area contributed by atoms with E-state index in [9.17, 15) is 19.1 Å². The van der Waals surface area contributed by atoms with Gasteiger partial charge in [-0.25, -0.2) is 9.18 Å². The van der Waals surface area contributed by atoms with E-state index < -0.39 is 23.4 Å². The van der Waals surface area contributed by atoms with Gasteiger partial charge in [0.05, 0.1) is 11.6 Å². The van der Waals surface area contributed by atoms with Crippen molar-refractivity contribution in [1.29, 1.82) is 0 Å². The number of anilines is 1. The third-order valence-electron chi connectivity index (χ3n) is 4.10.